The van der Waals surface area contributed by atoms with E-state index in [-0.39, 0.29) is 0 Å². The SMILES string of the molecule is O[Si](CCBr)(OCCBr)OCCBr. The van der Waals surface area contributed by atoms with Crippen molar-refractivity contribution in [3.8, 4) is 0 Å². The lowest BCUT2D eigenvalue weighted by molar-refractivity contribution is 0.113. The average molecular weight is 401 g/mol. The Morgan fingerprint density at radius 2 is 1.38 bits per heavy atom. The van der Waals surface area contributed by atoms with Crippen molar-refractivity contribution in [3.63, 3.8) is 0 Å². The number of alkyl halides is 3. The highest BCUT2D eigenvalue weighted by atomic mass is 79.9. The fourth-order valence-corrected chi connectivity index (χ4v) is 4.58. The van der Waals surface area contributed by atoms with E-state index in [0.29, 0.717) is 35.2 Å². The van der Waals surface area contributed by atoms with E-state index in [9.17, 15) is 4.80 Å². The fourth-order valence-electron chi connectivity index (χ4n) is 0.702. The quantitative estimate of drug-likeness (QED) is 0.501. The molecule has 0 aromatic heterocycles. The Bertz CT molecular complexity index is 120. The molecule has 0 aliphatic rings. The van der Waals surface area contributed by atoms with E-state index in [1.54, 1.807) is 0 Å². The summed E-state index contributed by atoms with van der Waals surface area (Å²) in [6.45, 7) is 0.968. The molecule has 0 bridgehead atoms. The molecule has 0 unspecified atom stereocenters. The Morgan fingerprint density at radius 3 is 1.69 bits per heavy atom. The van der Waals surface area contributed by atoms with Crippen LogP contribution in [0.2, 0.25) is 6.04 Å². The summed E-state index contributed by atoms with van der Waals surface area (Å²) in [6, 6.07) is 0.549. The monoisotopic (exact) mass is 398 g/mol. The van der Waals surface area contributed by atoms with Crippen molar-refractivity contribution in [2.45, 2.75) is 6.04 Å². The Kier molecular flexibility index (Phi) is 9.86. The zero-order valence-corrected chi connectivity index (χ0v) is 12.9. The molecule has 0 heterocycles. The fraction of sp³-hybridized carbons (Fsp3) is 1.00. The molecule has 0 saturated heterocycles. The van der Waals surface area contributed by atoms with Crippen molar-refractivity contribution in [2.24, 2.45) is 0 Å². The molecule has 0 aliphatic carbocycles. The van der Waals surface area contributed by atoms with Crippen LogP contribution in [-0.2, 0) is 8.85 Å². The predicted molar refractivity (Wildman–Crippen MR) is 66.1 cm³/mol. The van der Waals surface area contributed by atoms with Gasteiger partial charge in [0.2, 0.25) is 0 Å². The lowest BCUT2D eigenvalue weighted by atomic mass is 10.9. The zero-order valence-electron chi connectivity index (χ0n) is 7.14. The summed E-state index contributed by atoms with van der Waals surface area (Å²) < 4.78 is 10.6. The third-order valence-corrected chi connectivity index (χ3v) is 5.19. The van der Waals surface area contributed by atoms with Gasteiger partial charge in [-0.2, -0.15) is 0 Å². The molecule has 0 aliphatic heterocycles. The molecule has 0 saturated carbocycles. The van der Waals surface area contributed by atoms with Crippen LogP contribution >= 0.6 is 47.8 Å². The number of rotatable bonds is 8. The first kappa shape index (κ1) is 14.5. The molecule has 7 heteroatoms. The van der Waals surface area contributed by atoms with Gasteiger partial charge in [0.15, 0.2) is 0 Å². The minimum absolute atomic E-state index is 0.484. The number of hydrogen-bond donors (Lipinski definition) is 1. The van der Waals surface area contributed by atoms with E-state index in [4.69, 9.17) is 8.85 Å². The molecule has 0 spiro atoms. The Morgan fingerprint density at radius 1 is 0.923 bits per heavy atom. The zero-order chi connectivity index (χ0) is 10.2. The second kappa shape index (κ2) is 8.81. The highest BCUT2D eigenvalue weighted by molar-refractivity contribution is 9.09. The van der Waals surface area contributed by atoms with Crippen molar-refractivity contribution in [1.82, 2.24) is 0 Å². The number of hydrogen-bond acceptors (Lipinski definition) is 3. The van der Waals surface area contributed by atoms with Gasteiger partial charge in [-0.1, -0.05) is 47.8 Å². The second-order valence-corrected chi connectivity index (χ2v) is 7.11. The van der Waals surface area contributed by atoms with E-state index in [0.717, 1.165) is 0 Å². The van der Waals surface area contributed by atoms with Gasteiger partial charge in [-0.15, -0.1) is 0 Å². The van der Waals surface area contributed by atoms with E-state index in [1.165, 1.54) is 0 Å². The van der Waals surface area contributed by atoms with Crippen LogP contribution in [0, 0.1) is 0 Å². The Labute approximate surface area is 105 Å². The Hall–Kier alpha value is 1.54. The van der Waals surface area contributed by atoms with Gasteiger partial charge in [-0.25, -0.2) is 0 Å². The molecule has 1 N–H and O–H groups in total. The largest absolute Gasteiger partial charge is 0.499 e. The van der Waals surface area contributed by atoms with Crippen molar-refractivity contribution in [2.75, 3.05) is 29.2 Å². The third kappa shape index (κ3) is 7.46. The van der Waals surface area contributed by atoms with Gasteiger partial charge in [0.1, 0.15) is 0 Å². The molecule has 0 fully saturated rings. The smallest absolute Gasteiger partial charge is 0.390 e. The first-order valence-electron chi connectivity index (χ1n) is 3.86. The molecule has 0 radical (unpaired) electrons. The molecule has 0 atom stereocenters. The van der Waals surface area contributed by atoms with Gasteiger partial charge in [0.05, 0.1) is 0 Å². The van der Waals surface area contributed by atoms with Crippen molar-refractivity contribution >= 4 is 56.6 Å². The van der Waals surface area contributed by atoms with Gasteiger partial charge >= 0.3 is 8.80 Å². The van der Waals surface area contributed by atoms with E-state index in [1.807, 2.05) is 0 Å². The molecular formula is C6H13Br3O3Si. The molecule has 80 valence electrons. The topological polar surface area (TPSA) is 38.7 Å². The second-order valence-electron chi connectivity index (χ2n) is 2.23. The molecule has 3 nitrogen and oxygen atoms in total. The molecular weight excluding hydrogens is 388 g/mol. The molecule has 0 rings (SSSR count). The highest BCUT2D eigenvalue weighted by Crippen LogP contribution is 2.12. The van der Waals surface area contributed by atoms with Gasteiger partial charge in [0.25, 0.3) is 0 Å². The standard InChI is InChI=1S/C6H13Br3O3Si/c7-1-4-11-13(10,6-3-9)12-5-2-8/h10H,1-6H2. The lowest BCUT2D eigenvalue weighted by Gasteiger charge is -2.22. The maximum atomic E-state index is 9.90. The van der Waals surface area contributed by atoms with E-state index in [2.05, 4.69) is 47.8 Å². The van der Waals surface area contributed by atoms with Crippen LogP contribution in [-0.4, -0.2) is 42.8 Å². The first-order valence-corrected chi connectivity index (χ1v) is 9.20. The van der Waals surface area contributed by atoms with Crippen LogP contribution in [0.25, 0.3) is 0 Å². The predicted octanol–water partition coefficient (Wildman–Crippen LogP) is 2.14. The lowest BCUT2D eigenvalue weighted by Crippen LogP contribution is -2.43. The summed E-state index contributed by atoms with van der Waals surface area (Å²) in [7, 11) is -2.90. The van der Waals surface area contributed by atoms with Gasteiger partial charge in [0, 0.05) is 35.2 Å². The summed E-state index contributed by atoms with van der Waals surface area (Å²) in [5.74, 6) is 0. The van der Waals surface area contributed by atoms with Crippen LogP contribution in [0.4, 0.5) is 0 Å². The Balaban J connectivity index is 3.84. The summed E-state index contributed by atoms with van der Waals surface area (Å²) in [4.78, 5) is 9.90. The molecule has 0 aromatic carbocycles. The first-order chi connectivity index (χ1) is 6.18. The van der Waals surface area contributed by atoms with Crippen LogP contribution in [0.5, 0.6) is 0 Å². The van der Waals surface area contributed by atoms with Gasteiger partial charge in [-0.05, 0) is 0 Å². The summed E-state index contributed by atoms with van der Waals surface area (Å²) in [5, 5.41) is 2.12. The van der Waals surface area contributed by atoms with Crippen LogP contribution < -0.4 is 0 Å². The average Bonchev–Trinajstić information content (AvgIpc) is 2.12. The third-order valence-electron chi connectivity index (χ3n) is 1.22. The van der Waals surface area contributed by atoms with Crippen molar-refractivity contribution in [3.05, 3.63) is 0 Å². The minimum Gasteiger partial charge on any atom is -0.390 e. The maximum absolute atomic E-state index is 9.90. The summed E-state index contributed by atoms with van der Waals surface area (Å²) in [6.07, 6.45) is 0. The van der Waals surface area contributed by atoms with Crippen LogP contribution in [0.1, 0.15) is 0 Å². The molecule has 13 heavy (non-hydrogen) atoms. The molecule has 0 amide bonds. The summed E-state index contributed by atoms with van der Waals surface area (Å²) >= 11 is 9.72. The number of halogens is 3. The van der Waals surface area contributed by atoms with E-state index < -0.39 is 8.80 Å². The van der Waals surface area contributed by atoms with Gasteiger partial charge in [-0.3, -0.25) is 0 Å². The maximum Gasteiger partial charge on any atom is 0.499 e. The van der Waals surface area contributed by atoms with Gasteiger partial charge < -0.3 is 13.6 Å². The normalized spacial score (nSPS) is 12.0. The minimum atomic E-state index is -2.90. The van der Waals surface area contributed by atoms with Crippen molar-refractivity contribution in [1.29, 1.82) is 0 Å². The van der Waals surface area contributed by atoms with Crippen molar-refractivity contribution < 1.29 is 13.6 Å². The van der Waals surface area contributed by atoms with E-state index >= 15 is 0 Å². The van der Waals surface area contributed by atoms with Crippen LogP contribution in [0.3, 0.4) is 0 Å². The van der Waals surface area contributed by atoms with Crippen LogP contribution in [0.15, 0.2) is 0 Å². The molecule has 0 aromatic rings. The highest BCUT2D eigenvalue weighted by Gasteiger charge is 2.35. The summed E-state index contributed by atoms with van der Waals surface area (Å²) in [5.41, 5.74) is 0.